The third-order valence-corrected chi connectivity index (χ3v) is 5.05. The summed E-state index contributed by atoms with van der Waals surface area (Å²) in [7, 11) is 2.00. The molecule has 128 valence electrons. The zero-order chi connectivity index (χ0) is 17.6. The highest BCUT2D eigenvalue weighted by Crippen LogP contribution is 2.20. The van der Waals surface area contributed by atoms with Gasteiger partial charge >= 0.3 is 0 Å². The zero-order valence-corrected chi connectivity index (χ0v) is 15.1. The fourth-order valence-corrected chi connectivity index (χ4v) is 3.60. The minimum Gasteiger partial charge on any atom is -0.353 e. The summed E-state index contributed by atoms with van der Waals surface area (Å²) >= 11 is 1.37. The number of imidazole rings is 1. The Labute approximate surface area is 148 Å². The fraction of sp³-hybridized carbons (Fsp3) is 0.294. The molecule has 4 aromatic rings. The first-order valence-electron chi connectivity index (χ1n) is 8.11. The lowest BCUT2D eigenvalue weighted by molar-refractivity contribution is 0.825. The average molecular weight is 354 g/mol. The molecule has 8 heteroatoms. The van der Waals surface area contributed by atoms with E-state index >= 15 is 0 Å². The van der Waals surface area contributed by atoms with Crippen LogP contribution >= 0.6 is 11.3 Å². The van der Waals surface area contributed by atoms with E-state index in [0.717, 1.165) is 29.0 Å². The predicted octanol–water partition coefficient (Wildman–Crippen LogP) is 2.52. The van der Waals surface area contributed by atoms with E-state index in [1.807, 2.05) is 14.0 Å². The Morgan fingerprint density at radius 1 is 1.24 bits per heavy atom. The third-order valence-electron chi connectivity index (χ3n) is 4.19. The van der Waals surface area contributed by atoms with Crippen LogP contribution in [-0.4, -0.2) is 24.1 Å². The molecule has 4 rings (SSSR count). The molecule has 0 aliphatic carbocycles. The van der Waals surface area contributed by atoms with Gasteiger partial charge in [-0.05, 0) is 31.0 Å². The normalized spacial score (nSPS) is 11.5. The van der Waals surface area contributed by atoms with Crippen LogP contribution in [0, 0.1) is 6.92 Å². The summed E-state index contributed by atoms with van der Waals surface area (Å²) in [4.78, 5) is 21.8. The summed E-state index contributed by atoms with van der Waals surface area (Å²) in [5, 5.41) is 8.22. The van der Waals surface area contributed by atoms with Crippen LogP contribution in [0.25, 0.3) is 16.0 Å². The van der Waals surface area contributed by atoms with Gasteiger partial charge in [0.1, 0.15) is 5.82 Å². The van der Waals surface area contributed by atoms with E-state index in [1.54, 1.807) is 0 Å². The smallest absolute Gasteiger partial charge is 0.275 e. The summed E-state index contributed by atoms with van der Waals surface area (Å²) in [6.45, 7) is 4.56. The molecule has 1 N–H and O–H groups in total. The van der Waals surface area contributed by atoms with Gasteiger partial charge in [0.2, 0.25) is 10.1 Å². The largest absolute Gasteiger partial charge is 0.353 e. The van der Waals surface area contributed by atoms with Gasteiger partial charge in [-0.15, -0.1) is 5.10 Å². The monoisotopic (exact) mass is 354 g/mol. The van der Waals surface area contributed by atoms with Gasteiger partial charge in [0.05, 0.1) is 17.6 Å². The van der Waals surface area contributed by atoms with Crippen molar-refractivity contribution in [3.8, 4) is 0 Å². The lowest BCUT2D eigenvalue weighted by Crippen LogP contribution is -2.15. The van der Waals surface area contributed by atoms with Crippen LogP contribution in [0.15, 0.2) is 29.1 Å². The molecule has 0 radical (unpaired) electrons. The number of nitrogens with zero attached hydrogens (tertiary/aromatic N) is 5. The summed E-state index contributed by atoms with van der Waals surface area (Å²) < 4.78 is 3.40. The highest BCUT2D eigenvalue weighted by atomic mass is 32.1. The molecule has 25 heavy (non-hydrogen) atoms. The highest BCUT2D eigenvalue weighted by molar-refractivity contribution is 7.20. The number of anilines is 1. The number of aromatic nitrogens is 5. The minimum absolute atomic E-state index is 0.149. The number of aryl methyl sites for hydroxylation is 3. The van der Waals surface area contributed by atoms with Crippen LogP contribution in [0.4, 0.5) is 5.13 Å². The Bertz CT molecular complexity index is 1140. The second kappa shape index (κ2) is 5.96. The number of nitrogens with one attached hydrogen (secondary N) is 1. The molecule has 0 saturated carbocycles. The lowest BCUT2D eigenvalue weighted by atomic mass is 10.2. The quantitative estimate of drug-likeness (QED) is 0.609. The second-order valence-electron chi connectivity index (χ2n) is 5.97. The highest BCUT2D eigenvalue weighted by Gasteiger charge is 2.11. The molecule has 0 aliphatic heterocycles. The van der Waals surface area contributed by atoms with Gasteiger partial charge in [0, 0.05) is 18.8 Å². The Morgan fingerprint density at radius 2 is 2.08 bits per heavy atom. The molecule has 3 heterocycles. The van der Waals surface area contributed by atoms with Crippen molar-refractivity contribution in [3.63, 3.8) is 0 Å². The standard InChI is InChI=1S/C17H18N6OS/c1-4-11-8-15(24)23-17(19-11)25-16(21-23)18-9-14-20-12-7-10(2)5-6-13(12)22(14)3/h5-8H,4,9H2,1-3H3,(H,18,21). The Hall–Kier alpha value is -2.74. The van der Waals surface area contributed by atoms with Crippen molar-refractivity contribution >= 4 is 32.5 Å². The van der Waals surface area contributed by atoms with E-state index in [-0.39, 0.29) is 5.56 Å². The van der Waals surface area contributed by atoms with Crippen LogP contribution < -0.4 is 10.9 Å². The van der Waals surface area contributed by atoms with E-state index in [2.05, 4.69) is 50.1 Å². The van der Waals surface area contributed by atoms with Gasteiger partial charge in [-0.1, -0.05) is 24.3 Å². The van der Waals surface area contributed by atoms with E-state index in [1.165, 1.54) is 27.5 Å². The van der Waals surface area contributed by atoms with Crippen molar-refractivity contribution < 1.29 is 0 Å². The van der Waals surface area contributed by atoms with E-state index in [0.29, 0.717) is 16.6 Å². The molecule has 3 aromatic heterocycles. The van der Waals surface area contributed by atoms with Crippen LogP contribution in [0.1, 0.15) is 24.0 Å². The number of rotatable bonds is 4. The average Bonchev–Trinajstić information content (AvgIpc) is 3.14. The Balaban J connectivity index is 1.63. The van der Waals surface area contributed by atoms with Crippen LogP contribution in [-0.2, 0) is 20.0 Å². The zero-order valence-electron chi connectivity index (χ0n) is 14.3. The number of hydrogen-bond acceptors (Lipinski definition) is 6. The summed E-state index contributed by atoms with van der Waals surface area (Å²) in [6.07, 6.45) is 0.728. The molecule has 0 aliphatic rings. The van der Waals surface area contributed by atoms with Crippen molar-refractivity contribution in [1.82, 2.24) is 24.1 Å². The van der Waals surface area contributed by atoms with Gasteiger partial charge in [0.25, 0.3) is 5.56 Å². The van der Waals surface area contributed by atoms with Gasteiger partial charge in [-0.3, -0.25) is 4.79 Å². The van der Waals surface area contributed by atoms with Crippen molar-refractivity contribution in [2.45, 2.75) is 26.8 Å². The van der Waals surface area contributed by atoms with E-state index < -0.39 is 0 Å². The van der Waals surface area contributed by atoms with E-state index in [9.17, 15) is 4.79 Å². The molecular formula is C17H18N6OS. The topological polar surface area (TPSA) is 77.1 Å². The predicted molar refractivity (Wildman–Crippen MR) is 99.3 cm³/mol. The second-order valence-corrected chi connectivity index (χ2v) is 6.93. The molecule has 1 aromatic carbocycles. The third kappa shape index (κ3) is 2.78. The molecule has 0 bridgehead atoms. The first-order chi connectivity index (χ1) is 12.0. The van der Waals surface area contributed by atoms with Crippen molar-refractivity contribution in [3.05, 3.63) is 51.7 Å². The molecule has 0 saturated heterocycles. The molecule has 0 amide bonds. The fourth-order valence-electron chi connectivity index (χ4n) is 2.78. The minimum atomic E-state index is -0.149. The van der Waals surface area contributed by atoms with Crippen molar-refractivity contribution in [2.75, 3.05) is 5.32 Å². The van der Waals surface area contributed by atoms with Crippen molar-refractivity contribution in [2.24, 2.45) is 7.05 Å². The van der Waals surface area contributed by atoms with E-state index in [4.69, 9.17) is 0 Å². The first-order valence-corrected chi connectivity index (χ1v) is 8.92. The molecule has 0 atom stereocenters. The summed E-state index contributed by atoms with van der Waals surface area (Å²) in [5.74, 6) is 0.911. The maximum atomic E-state index is 12.1. The van der Waals surface area contributed by atoms with Crippen LogP contribution in [0.3, 0.4) is 0 Å². The van der Waals surface area contributed by atoms with Gasteiger partial charge < -0.3 is 9.88 Å². The summed E-state index contributed by atoms with van der Waals surface area (Å²) in [5.41, 5.74) is 3.90. The molecule has 0 unspecified atom stereocenters. The summed E-state index contributed by atoms with van der Waals surface area (Å²) in [6, 6.07) is 7.77. The van der Waals surface area contributed by atoms with Crippen LogP contribution in [0.5, 0.6) is 0 Å². The Morgan fingerprint density at radius 3 is 2.88 bits per heavy atom. The van der Waals surface area contributed by atoms with Crippen LogP contribution in [0.2, 0.25) is 0 Å². The Kier molecular flexibility index (Phi) is 3.76. The van der Waals surface area contributed by atoms with Gasteiger partial charge in [-0.2, -0.15) is 4.52 Å². The maximum absolute atomic E-state index is 12.1. The molecular weight excluding hydrogens is 336 g/mol. The van der Waals surface area contributed by atoms with Crippen molar-refractivity contribution in [1.29, 1.82) is 0 Å². The number of fused-ring (bicyclic) bond motifs is 2. The maximum Gasteiger partial charge on any atom is 0.275 e. The molecule has 0 spiro atoms. The first kappa shape index (κ1) is 15.8. The van der Waals surface area contributed by atoms with Gasteiger partial charge in [0.15, 0.2) is 0 Å². The number of benzene rings is 1. The lowest BCUT2D eigenvalue weighted by Gasteiger charge is -2.02. The number of hydrogen-bond donors (Lipinski definition) is 1. The molecule has 0 fully saturated rings. The van der Waals surface area contributed by atoms with Gasteiger partial charge in [-0.25, -0.2) is 9.97 Å². The SMILES string of the molecule is CCc1cc(=O)n2nc(NCc3nc4cc(C)ccc4n3C)sc2n1. The molecule has 7 nitrogen and oxygen atoms in total.